The van der Waals surface area contributed by atoms with Crippen molar-refractivity contribution >= 4 is 23.2 Å². The summed E-state index contributed by atoms with van der Waals surface area (Å²) < 4.78 is 46.6. The minimum Gasteiger partial charge on any atom is -0.456 e. The summed E-state index contributed by atoms with van der Waals surface area (Å²) in [4.78, 5) is 0. The average Bonchev–Trinajstić information content (AvgIpc) is 2.57. The summed E-state index contributed by atoms with van der Waals surface area (Å²) in [6.45, 7) is 0. The smallest absolute Gasteiger partial charge is 0.456 e. The average molecular weight is 398 g/mol. The van der Waals surface area contributed by atoms with E-state index in [4.69, 9.17) is 27.9 Å². The minimum absolute atomic E-state index is 0.306. The van der Waals surface area contributed by atoms with Crippen molar-refractivity contribution in [2.24, 2.45) is 0 Å². The number of benzene rings is 3. The van der Waals surface area contributed by atoms with Crippen LogP contribution in [0.2, 0.25) is 10.0 Å². The molecular formula is C19H10Cl2F3O2. The lowest BCUT2D eigenvalue weighted by atomic mass is 10.1. The number of rotatable bonds is 4. The molecule has 0 aliphatic rings. The number of alkyl halides is 3. The van der Waals surface area contributed by atoms with E-state index in [1.54, 1.807) is 42.5 Å². The second-order valence-electron chi connectivity index (χ2n) is 5.19. The van der Waals surface area contributed by atoms with Crippen LogP contribution in [-0.4, -0.2) is 6.36 Å². The van der Waals surface area contributed by atoms with Gasteiger partial charge in [-0.25, -0.2) is 0 Å². The summed E-state index contributed by atoms with van der Waals surface area (Å²) >= 11 is 11.9. The normalized spacial score (nSPS) is 11.3. The van der Waals surface area contributed by atoms with Crippen LogP contribution >= 0.6 is 23.2 Å². The van der Waals surface area contributed by atoms with Crippen LogP contribution in [-0.2, 0) is 0 Å². The molecule has 26 heavy (non-hydrogen) atoms. The largest absolute Gasteiger partial charge is 0.573 e. The molecule has 2 nitrogen and oxygen atoms in total. The Morgan fingerprint density at radius 3 is 2.23 bits per heavy atom. The fraction of sp³-hybridized carbons (Fsp3) is 0.0526. The lowest BCUT2D eigenvalue weighted by Crippen LogP contribution is -2.17. The molecule has 0 saturated carbocycles. The van der Waals surface area contributed by atoms with Crippen molar-refractivity contribution in [1.82, 2.24) is 0 Å². The molecule has 0 saturated heterocycles. The van der Waals surface area contributed by atoms with E-state index in [0.29, 0.717) is 32.7 Å². The summed E-state index contributed by atoms with van der Waals surface area (Å²) in [7, 11) is 0. The Labute approximate surface area is 157 Å². The van der Waals surface area contributed by atoms with E-state index in [-0.39, 0.29) is 5.75 Å². The highest BCUT2D eigenvalue weighted by atomic mass is 35.5. The van der Waals surface area contributed by atoms with E-state index in [9.17, 15) is 13.2 Å². The van der Waals surface area contributed by atoms with Crippen molar-refractivity contribution in [2.45, 2.75) is 6.36 Å². The van der Waals surface area contributed by atoms with Crippen LogP contribution in [0.3, 0.4) is 0 Å². The molecule has 3 aromatic carbocycles. The molecule has 7 heteroatoms. The number of ether oxygens (including phenoxy) is 2. The Hall–Kier alpha value is -2.37. The van der Waals surface area contributed by atoms with Gasteiger partial charge in [0.15, 0.2) is 0 Å². The van der Waals surface area contributed by atoms with E-state index >= 15 is 0 Å². The molecule has 0 fully saturated rings. The fourth-order valence-electron chi connectivity index (χ4n) is 2.20. The molecule has 1 radical (unpaired) electrons. The predicted octanol–water partition coefficient (Wildman–Crippen LogP) is 7.15. The van der Waals surface area contributed by atoms with Crippen LogP contribution in [0.25, 0.3) is 11.1 Å². The zero-order valence-electron chi connectivity index (χ0n) is 13.0. The monoisotopic (exact) mass is 397 g/mol. The van der Waals surface area contributed by atoms with Gasteiger partial charge in [-0.15, -0.1) is 13.2 Å². The first-order valence-corrected chi connectivity index (χ1v) is 8.06. The Morgan fingerprint density at radius 2 is 1.58 bits per heavy atom. The third kappa shape index (κ3) is 4.84. The van der Waals surface area contributed by atoms with Gasteiger partial charge in [-0.05, 0) is 59.7 Å². The van der Waals surface area contributed by atoms with Gasteiger partial charge in [0.2, 0.25) is 0 Å². The topological polar surface area (TPSA) is 18.5 Å². The van der Waals surface area contributed by atoms with Crippen LogP contribution in [0.1, 0.15) is 0 Å². The van der Waals surface area contributed by atoms with Gasteiger partial charge in [0, 0.05) is 5.02 Å². The van der Waals surface area contributed by atoms with E-state index in [2.05, 4.69) is 10.8 Å². The molecule has 0 unspecified atom stereocenters. The highest BCUT2D eigenvalue weighted by Crippen LogP contribution is 2.33. The van der Waals surface area contributed by atoms with E-state index in [0.717, 1.165) is 0 Å². The lowest BCUT2D eigenvalue weighted by Gasteiger charge is -2.11. The zero-order valence-corrected chi connectivity index (χ0v) is 14.5. The first kappa shape index (κ1) is 18.4. The molecular weight excluding hydrogens is 388 g/mol. The maximum absolute atomic E-state index is 12.3. The second kappa shape index (κ2) is 7.48. The van der Waals surface area contributed by atoms with Crippen LogP contribution in [0, 0.1) is 6.07 Å². The van der Waals surface area contributed by atoms with E-state index in [1.807, 2.05) is 0 Å². The minimum atomic E-state index is -4.74. The van der Waals surface area contributed by atoms with Crippen molar-refractivity contribution in [3.05, 3.63) is 76.8 Å². The molecule has 0 heterocycles. The lowest BCUT2D eigenvalue weighted by molar-refractivity contribution is -0.274. The predicted molar refractivity (Wildman–Crippen MR) is 93.9 cm³/mol. The van der Waals surface area contributed by atoms with Gasteiger partial charge in [0.1, 0.15) is 17.2 Å². The first-order valence-electron chi connectivity index (χ1n) is 7.31. The molecule has 133 valence electrons. The van der Waals surface area contributed by atoms with Crippen LogP contribution < -0.4 is 9.47 Å². The summed E-state index contributed by atoms with van der Waals surface area (Å²) in [6.07, 6.45) is -4.74. The Bertz CT molecular complexity index is 909. The van der Waals surface area contributed by atoms with E-state index < -0.39 is 6.36 Å². The standard InChI is InChI=1S/C19H10Cl2F3O2/c20-14-6-9-18(17(21)11-14)25-15-7-4-12(5-8-15)13-2-1-3-16(10-13)26-19(22,23)24/h1,3-11H. The summed E-state index contributed by atoms with van der Waals surface area (Å²) in [5, 5.41) is 0.862. The third-order valence-electron chi connectivity index (χ3n) is 3.29. The third-order valence-corrected chi connectivity index (χ3v) is 3.82. The maximum atomic E-state index is 12.3. The number of halogens is 5. The van der Waals surface area contributed by atoms with Gasteiger partial charge in [-0.3, -0.25) is 0 Å². The summed E-state index contributed by atoms with van der Waals surface area (Å²) in [5.74, 6) is 0.649. The van der Waals surface area contributed by atoms with Crippen molar-refractivity contribution in [1.29, 1.82) is 0 Å². The SMILES string of the molecule is FC(F)(F)Oc1cc[c]c(-c2ccc(Oc3ccc(Cl)cc3Cl)cc2)c1. The van der Waals surface area contributed by atoms with Crippen molar-refractivity contribution in [3.8, 4) is 28.4 Å². The van der Waals surface area contributed by atoms with E-state index in [1.165, 1.54) is 18.2 Å². The molecule has 3 aromatic rings. The number of hydrogen-bond acceptors (Lipinski definition) is 2. The Balaban J connectivity index is 1.78. The number of hydrogen-bond donors (Lipinski definition) is 0. The van der Waals surface area contributed by atoms with Gasteiger partial charge in [0.05, 0.1) is 5.02 Å². The van der Waals surface area contributed by atoms with Gasteiger partial charge in [-0.2, -0.15) is 0 Å². The first-order chi connectivity index (χ1) is 12.3. The highest BCUT2D eigenvalue weighted by molar-refractivity contribution is 6.35. The van der Waals surface area contributed by atoms with Crippen LogP contribution in [0.4, 0.5) is 13.2 Å². The molecule has 0 atom stereocenters. The van der Waals surface area contributed by atoms with Crippen LogP contribution in [0.15, 0.2) is 60.7 Å². The molecule has 0 bridgehead atoms. The highest BCUT2D eigenvalue weighted by Gasteiger charge is 2.31. The molecule has 0 aliphatic carbocycles. The summed E-state index contributed by atoms with van der Waals surface area (Å²) in [5.41, 5.74) is 1.12. The van der Waals surface area contributed by atoms with Gasteiger partial charge in [0.25, 0.3) is 0 Å². The van der Waals surface area contributed by atoms with Crippen LogP contribution in [0.5, 0.6) is 17.2 Å². The van der Waals surface area contributed by atoms with Crippen molar-refractivity contribution in [2.75, 3.05) is 0 Å². The molecule has 0 spiro atoms. The second-order valence-corrected chi connectivity index (χ2v) is 6.03. The molecule has 3 rings (SSSR count). The van der Waals surface area contributed by atoms with Crippen molar-refractivity contribution in [3.63, 3.8) is 0 Å². The zero-order chi connectivity index (χ0) is 18.7. The Morgan fingerprint density at radius 1 is 0.846 bits per heavy atom. The van der Waals surface area contributed by atoms with Crippen molar-refractivity contribution < 1.29 is 22.6 Å². The molecule has 0 N–H and O–H groups in total. The fourth-order valence-corrected chi connectivity index (χ4v) is 2.64. The van der Waals surface area contributed by atoms with Gasteiger partial charge in [-0.1, -0.05) is 41.4 Å². The summed E-state index contributed by atoms with van der Waals surface area (Å²) in [6, 6.07) is 18.3. The quantitative estimate of drug-likeness (QED) is 0.465. The van der Waals surface area contributed by atoms with Gasteiger partial charge < -0.3 is 9.47 Å². The van der Waals surface area contributed by atoms with Gasteiger partial charge >= 0.3 is 6.36 Å². The Kier molecular flexibility index (Phi) is 5.30. The molecule has 0 amide bonds. The molecule has 0 aromatic heterocycles. The molecule has 0 aliphatic heterocycles. The maximum Gasteiger partial charge on any atom is 0.573 e.